The highest BCUT2D eigenvalue weighted by molar-refractivity contribution is 5.78. The van der Waals surface area contributed by atoms with Gasteiger partial charge in [-0.15, -0.1) is 0 Å². The summed E-state index contributed by atoms with van der Waals surface area (Å²) in [4.78, 5) is 16.5. The van der Waals surface area contributed by atoms with Gasteiger partial charge < -0.3 is 14.6 Å². The Balaban J connectivity index is 1.78. The Labute approximate surface area is 127 Å². The molecule has 21 heavy (non-hydrogen) atoms. The van der Waals surface area contributed by atoms with Crippen molar-refractivity contribution >= 4 is 5.91 Å². The van der Waals surface area contributed by atoms with Crippen LogP contribution in [0.5, 0.6) is 0 Å². The molecule has 0 aromatic carbocycles. The van der Waals surface area contributed by atoms with Crippen LogP contribution in [0, 0.1) is 12.8 Å². The number of carbonyl (C=O) groups excluding carboxylic acids is 1. The van der Waals surface area contributed by atoms with Crippen molar-refractivity contribution in [1.82, 2.24) is 14.9 Å². The predicted octanol–water partition coefficient (Wildman–Crippen LogP) is 2.08. The minimum Gasteiger partial charge on any atom is -0.383 e. The van der Waals surface area contributed by atoms with E-state index >= 15 is 0 Å². The van der Waals surface area contributed by atoms with Crippen molar-refractivity contribution in [2.45, 2.75) is 52.0 Å². The third-order valence-corrected chi connectivity index (χ3v) is 4.28. The molecular formula is C16H27N3O2. The van der Waals surface area contributed by atoms with E-state index in [-0.39, 0.29) is 11.8 Å². The third-order valence-electron chi connectivity index (χ3n) is 4.28. The van der Waals surface area contributed by atoms with Crippen molar-refractivity contribution in [2.24, 2.45) is 5.92 Å². The van der Waals surface area contributed by atoms with Crippen molar-refractivity contribution in [3.05, 3.63) is 17.7 Å². The molecule has 0 atom stereocenters. The number of ether oxygens (including phenoxy) is 1. The number of nitrogens with one attached hydrogen (secondary N) is 1. The lowest BCUT2D eigenvalue weighted by Crippen LogP contribution is -2.33. The van der Waals surface area contributed by atoms with Gasteiger partial charge in [-0.05, 0) is 19.8 Å². The maximum Gasteiger partial charge on any atom is 0.223 e. The Morgan fingerprint density at radius 1 is 1.43 bits per heavy atom. The first-order chi connectivity index (χ1) is 10.2. The molecule has 1 aromatic heterocycles. The normalized spacial score (nSPS) is 16.1. The van der Waals surface area contributed by atoms with Gasteiger partial charge in [0.15, 0.2) is 0 Å². The number of methoxy groups -OCH3 is 1. The Morgan fingerprint density at radius 3 is 2.90 bits per heavy atom. The number of rotatable bonds is 7. The first kappa shape index (κ1) is 16.0. The minimum absolute atomic E-state index is 0.224. The first-order valence-electron chi connectivity index (χ1n) is 8.00. The number of aromatic nitrogens is 2. The second-order valence-electron chi connectivity index (χ2n) is 5.84. The van der Waals surface area contributed by atoms with Crippen LogP contribution in [-0.4, -0.2) is 35.7 Å². The fraction of sp³-hybridized carbons (Fsp3) is 0.750. The van der Waals surface area contributed by atoms with Crippen molar-refractivity contribution in [2.75, 3.05) is 20.3 Å². The maximum atomic E-state index is 12.1. The Hall–Kier alpha value is -1.36. The van der Waals surface area contributed by atoms with Crippen molar-refractivity contribution in [3.8, 4) is 0 Å². The van der Waals surface area contributed by atoms with E-state index in [9.17, 15) is 4.79 Å². The van der Waals surface area contributed by atoms with Gasteiger partial charge >= 0.3 is 0 Å². The topological polar surface area (TPSA) is 56.1 Å². The third kappa shape index (κ3) is 4.56. The molecule has 118 valence electrons. The molecule has 2 rings (SSSR count). The van der Waals surface area contributed by atoms with E-state index in [0.29, 0.717) is 13.2 Å². The molecule has 1 amide bonds. The van der Waals surface area contributed by atoms with E-state index in [0.717, 1.165) is 37.3 Å². The van der Waals surface area contributed by atoms with Crippen molar-refractivity contribution in [3.63, 3.8) is 0 Å². The maximum absolute atomic E-state index is 12.1. The summed E-state index contributed by atoms with van der Waals surface area (Å²) in [6.07, 6.45) is 8.42. The second-order valence-corrected chi connectivity index (χ2v) is 5.84. The second kappa shape index (κ2) is 8.17. The summed E-state index contributed by atoms with van der Waals surface area (Å²) in [5.41, 5.74) is 1.14. The van der Waals surface area contributed by atoms with Gasteiger partial charge in [0.25, 0.3) is 0 Å². The molecule has 1 saturated carbocycles. The van der Waals surface area contributed by atoms with Crippen LogP contribution in [0.4, 0.5) is 0 Å². The molecule has 1 aliphatic rings. The molecule has 1 N–H and O–H groups in total. The van der Waals surface area contributed by atoms with E-state index in [1.807, 2.05) is 13.1 Å². The standard InChI is InChI=1S/C16H27N3O2/c1-13-12-18-15(19(13)10-11-21-2)8-9-17-16(20)14-6-4-3-5-7-14/h12,14H,3-11H2,1-2H3,(H,17,20). The molecule has 1 aliphatic carbocycles. The molecule has 1 fully saturated rings. The molecule has 5 nitrogen and oxygen atoms in total. The van der Waals surface area contributed by atoms with E-state index in [1.54, 1.807) is 7.11 Å². The molecule has 0 unspecified atom stereocenters. The zero-order valence-corrected chi connectivity index (χ0v) is 13.2. The molecule has 1 aromatic rings. The number of imidazole rings is 1. The summed E-state index contributed by atoms with van der Waals surface area (Å²) in [7, 11) is 1.70. The summed E-state index contributed by atoms with van der Waals surface area (Å²) in [6.45, 7) is 4.21. The monoisotopic (exact) mass is 293 g/mol. The summed E-state index contributed by atoms with van der Waals surface area (Å²) >= 11 is 0. The molecule has 0 saturated heterocycles. The number of hydrogen-bond acceptors (Lipinski definition) is 3. The first-order valence-corrected chi connectivity index (χ1v) is 8.00. The SMILES string of the molecule is COCCn1c(C)cnc1CCNC(=O)C1CCCCC1. The van der Waals surface area contributed by atoms with Crippen LogP contribution < -0.4 is 5.32 Å². The molecule has 0 spiro atoms. The van der Waals surface area contributed by atoms with Crippen LogP contribution in [0.2, 0.25) is 0 Å². The molecule has 0 bridgehead atoms. The fourth-order valence-electron chi connectivity index (χ4n) is 3.00. The van der Waals surface area contributed by atoms with Gasteiger partial charge in [-0.3, -0.25) is 4.79 Å². The van der Waals surface area contributed by atoms with Crippen LogP contribution >= 0.6 is 0 Å². The smallest absolute Gasteiger partial charge is 0.223 e. The quantitative estimate of drug-likeness (QED) is 0.837. The van der Waals surface area contributed by atoms with E-state index < -0.39 is 0 Å². The average Bonchev–Trinajstić information content (AvgIpc) is 2.86. The lowest BCUT2D eigenvalue weighted by molar-refractivity contribution is -0.125. The summed E-state index contributed by atoms with van der Waals surface area (Å²) in [5, 5.41) is 3.07. The van der Waals surface area contributed by atoms with Gasteiger partial charge in [-0.2, -0.15) is 0 Å². The molecule has 5 heteroatoms. The highest BCUT2D eigenvalue weighted by Gasteiger charge is 2.20. The van der Waals surface area contributed by atoms with Gasteiger partial charge in [-0.1, -0.05) is 19.3 Å². The predicted molar refractivity (Wildman–Crippen MR) is 82.1 cm³/mol. The fourth-order valence-corrected chi connectivity index (χ4v) is 3.00. The van der Waals surface area contributed by atoms with Crippen molar-refractivity contribution < 1.29 is 9.53 Å². The zero-order valence-electron chi connectivity index (χ0n) is 13.2. The number of nitrogens with zero attached hydrogens (tertiary/aromatic N) is 2. The lowest BCUT2D eigenvalue weighted by Gasteiger charge is -2.20. The van der Waals surface area contributed by atoms with Gasteiger partial charge in [-0.25, -0.2) is 4.98 Å². The Bertz CT molecular complexity index is 450. The van der Waals surface area contributed by atoms with E-state index in [2.05, 4.69) is 14.9 Å². The van der Waals surface area contributed by atoms with Crippen LogP contribution in [0.15, 0.2) is 6.20 Å². The lowest BCUT2D eigenvalue weighted by atomic mass is 9.89. The summed E-state index contributed by atoms with van der Waals surface area (Å²) < 4.78 is 7.29. The van der Waals surface area contributed by atoms with Crippen LogP contribution in [0.3, 0.4) is 0 Å². The molecular weight excluding hydrogens is 266 g/mol. The van der Waals surface area contributed by atoms with Crippen LogP contribution in [-0.2, 0) is 22.5 Å². The van der Waals surface area contributed by atoms with Gasteiger partial charge in [0.2, 0.25) is 5.91 Å². The van der Waals surface area contributed by atoms with Gasteiger partial charge in [0.1, 0.15) is 5.82 Å². The van der Waals surface area contributed by atoms with Crippen LogP contribution in [0.1, 0.15) is 43.6 Å². The van der Waals surface area contributed by atoms with Crippen molar-refractivity contribution in [1.29, 1.82) is 0 Å². The minimum atomic E-state index is 0.224. The molecule has 0 radical (unpaired) electrons. The Morgan fingerprint density at radius 2 is 2.19 bits per heavy atom. The zero-order chi connectivity index (χ0) is 15.1. The van der Waals surface area contributed by atoms with Gasteiger partial charge in [0.05, 0.1) is 6.61 Å². The highest BCUT2D eigenvalue weighted by atomic mass is 16.5. The summed E-state index contributed by atoms with van der Waals surface area (Å²) in [5.74, 6) is 1.48. The van der Waals surface area contributed by atoms with E-state index in [4.69, 9.17) is 4.74 Å². The largest absolute Gasteiger partial charge is 0.383 e. The van der Waals surface area contributed by atoms with Crippen LogP contribution in [0.25, 0.3) is 0 Å². The van der Waals surface area contributed by atoms with Gasteiger partial charge in [0, 0.05) is 44.4 Å². The number of hydrogen-bond donors (Lipinski definition) is 1. The number of carbonyl (C=O) groups is 1. The number of amides is 1. The highest BCUT2D eigenvalue weighted by Crippen LogP contribution is 2.23. The van der Waals surface area contributed by atoms with E-state index in [1.165, 1.54) is 19.3 Å². The number of aryl methyl sites for hydroxylation is 1. The summed E-state index contributed by atoms with van der Waals surface area (Å²) in [6, 6.07) is 0. The average molecular weight is 293 g/mol. The Kier molecular flexibility index (Phi) is 6.23. The molecule has 0 aliphatic heterocycles. The molecule has 1 heterocycles.